The number of nitrogens with two attached hydrogens (primary N) is 1. The summed E-state index contributed by atoms with van der Waals surface area (Å²) in [4.78, 5) is 0. The van der Waals surface area contributed by atoms with Crippen LogP contribution in [-0.2, 0) is 0 Å². The van der Waals surface area contributed by atoms with Crippen LogP contribution in [0.1, 0.15) is 70.0 Å². The van der Waals surface area contributed by atoms with Gasteiger partial charge in [0, 0.05) is 36.4 Å². The van der Waals surface area contributed by atoms with E-state index >= 15 is 0 Å². The van der Waals surface area contributed by atoms with E-state index in [9.17, 15) is 0 Å². The van der Waals surface area contributed by atoms with Crippen LogP contribution < -0.4 is 11.1 Å². The van der Waals surface area contributed by atoms with Gasteiger partial charge in [0.2, 0.25) is 0 Å². The summed E-state index contributed by atoms with van der Waals surface area (Å²) < 4.78 is 2.01. The predicted octanol–water partition coefficient (Wildman–Crippen LogP) is 2.78. The lowest BCUT2D eigenvalue weighted by Crippen LogP contribution is -2.36. The van der Waals surface area contributed by atoms with Crippen molar-refractivity contribution in [1.82, 2.24) is 15.1 Å². The molecule has 1 unspecified atom stereocenters. The van der Waals surface area contributed by atoms with Crippen LogP contribution in [0.4, 0.5) is 0 Å². The second-order valence-corrected chi connectivity index (χ2v) is 5.99. The van der Waals surface area contributed by atoms with E-state index in [1.807, 2.05) is 10.9 Å². The van der Waals surface area contributed by atoms with E-state index in [2.05, 4.69) is 30.5 Å². The zero-order chi connectivity index (χ0) is 13.7. The minimum absolute atomic E-state index is 0.246. The fourth-order valence-electron chi connectivity index (χ4n) is 2.85. The van der Waals surface area contributed by atoms with Gasteiger partial charge in [-0.25, -0.2) is 0 Å². The van der Waals surface area contributed by atoms with Crippen LogP contribution in [0.2, 0.25) is 0 Å². The number of nitrogens with one attached hydrogen (secondary N) is 1. The van der Waals surface area contributed by atoms with Crippen LogP contribution in [0.5, 0.6) is 0 Å². The highest BCUT2D eigenvalue weighted by molar-refractivity contribution is 5.11. The second-order valence-electron chi connectivity index (χ2n) is 5.99. The van der Waals surface area contributed by atoms with Crippen LogP contribution in [-0.4, -0.2) is 22.4 Å². The van der Waals surface area contributed by atoms with Gasteiger partial charge in [-0.1, -0.05) is 25.7 Å². The molecule has 0 aromatic carbocycles. The molecule has 4 heteroatoms. The minimum Gasteiger partial charge on any atom is -0.329 e. The smallest absolute Gasteiger partial charge is 0.0538 e. The molecule has 1 saturated carbocycles. The summed E-state index contributed by atoms with van der Waals surface area (Å²) in [6, 6.07) is 1.28. The van der Waals surface area contributed by atoms with Gasteiger partial charge in [0.25, 0.3) is 0 Å². The summed E-state index contributed by atoms with van der Waals surface area (Å²) in [7, 11) is 0. The number of hydrogen-bond donors (Lipinski definition) is 2. The van der Waals surface area contributed by atoms with Gasteiger partial charge in [0.1, 0.15) is 0 Å². The van der Waals surface area contributed by atoms with Crippen LogP contribution >= 0.6 is 0 Å². The fourth-order valence-corrected chi connectivity index (χ4v) is 2.85. The summed E-state index contributed by atoms with van der Waals surface area (Å²) in [5, 5.41) is 8.15. The Bertz CT molecular complexity index is 364. The number of aromatic nitrogens is 2. The Morgan fingerprint density at radius 2 is 2.00 bits per heavy atom. The molecule has 1 atom stereocenters. The third kappa shape index (κ3) is 4.05. The molecule has 1 aromatic rings. The maximum Gasteiger partial charge on any atom is 0.0538 e. The Morgan fingerprint density at radius 3 is 2.53 bits per heavy atom. The molecule has 1 aliphatic rings. The van der Waals surface area contributed by atoms with Crippen molar-refractivity contribution in [2.45, 2.75) is 70.5 Å². The molecule has 1 fully saturated rings. The van der Waals surface area contributed by atoms with E-state index < -0.39 is 0 Å². The monoisotopic (exact) mass is 264 g/mol. The first-order chi connectivity index (χ1) is 9.20. The first-order valence-electron chi connectivity index (χ1n) is 7.71. The fraction of sp³-hybridized carbons (Fsp3) is 0.800. The Labute approximate surface area is 116 Å². The standard InChI is InChI=1S/C15H28N4/c1-12(2)19-11-13(10-17-19)15(9-16)18-14-7-5-3-4-6-8-14/h10-12,14-15,18H,3-9,16H2,1-2H3. The third-order valence-electron chi connectivity index (χ3n) is 4.08. The van der Waals surface area contributed by atoms with Gasteiger partial charge >= 0.3 is 0 Å². The van der Waals surface area contributed by atoms with E-state index in [0.29, 0.717) is 18.6 Å². The van der Waals surface area contributed by atoms with Crippen LogP contribution in [0.25, 0.3) is 0 Å². The zero-order valence-electron chi connectivity index (χ0n) is 12.3. The van der Waals surface area contributed by atoms with Gasteiger partial charge in [-0.05, 0) is 26.7 Å². The van der Waals surface area contributed by atoms with E-state index in [1.54, 1.807) is 0 Å². The normalized spacial score (nSPS) is 19.6. The van der Waals surface area contributed by atoms with E-state index in [-0.39, 0.29) is 6.04 Å². The van der Waals surface area contributed by atoms with E-state index in [1.165, 1.54) is 44.1 Å². The molecule has 19 heavy (non-hydrogen) atoms. The lowest BCUT2D eigenvalue weighted by molar-refractivity contribution is 0.402. The SMILES string of the molecule is CC(C)n1cc(C(CN)NC2CCCCCC2)cn1. The molecule has 2 rings (SSSR count). The van der Waals surface area contributed by atoms with Gasteiger partial charge < -0.3 is 11.1 Å². The highest BCUT2D eigenvalue weighted by atomic mass is 15.3. The molecule has 1 aliphatic carbocycles. The highest BCUT2D eigenvalue weighted by Gasteiger charge is 2.18. The minimum atomic E-state index is 0.246. The van der Waals surface area contributed by atoms with Crippen molar-refractivity contribution in [2.75, 3.05) is 6.54 Å². The quantitative estimate of drug-likeness (QED) is 0.804. The van der Waals surface area contributed by atoms with Crippen LogP contribution in [0.3, 0.4) is 0 Å². The molecule has 1 heterocycles. The van der Waals surface area contributed by atoms with Gasteiger partial charge in [-0.3, -0.25) is 4.68 Å². The lowest BCUT2D eigenvalue weighted by Gasteiger charge is -2.23. The Morgan fingerprint density at radius 1 is 1.32 bits per heavy atom. The van der Waals surface area contributed by atoms with Crippen molar-refractivity contribution in [3.63, 3.8) is 0 Å². The first kappa shape index (κ1) is 14.5. The van der Waals surface area contributed by atoms with E-state index in [0.717, 1.165) is 0 Å². The largest absolute Gasteiger partial charge is 0.329 e. The molecule has 0 radical (unpaired) electrons. The average molecular weight is 264 g/mol. The van der Waals surface area contributed by atoms with Crippen molar-refractivity contribution in [1.29, 1.82) is 0 Å². The topological polar surface area (TPSA) is 55.9 Å². The molecule has 0 bridgehead atoms. The third-order valence-corrected chi connectivity index (χ3v) is 4.08. The summed E-state index contributed by atoms with van der Waals surface area (Å²) >= 11 is 0. The molecule has 3 N–H and O–H groups in total. The van der Waals surface area contributed by atoms with Crippen molar-refractivity contribution < 1.29 is 0 Å². The molecule has 4 nitrogen and oxygen atoms in total. The first-order valence-corrected chi connectivity index (χ1v) is 7.71. The lowest BCUT2D eigenvalue weighted by atomic mass is 10.1. The van der Waals surface area contributed by atoms with Crippen molar-refractivity contribution in [3.05, 3.63) is 18.0 Å². The molecule has 0 spiro atoms. The molecule has 0 amide bonds. The average Bonchev–Trinajstić information content (AvgIpc) is 2.75. The molecular weight excluding hydrogens is 236 g/mol. The van der Waals surface area contributed by atoms with Crippen molar-refractivity contribution >= 4 is 0 Å². The maximum absolute atomic E-state index is 5.95. The van der Waals surface area contributed by atoms with Crippen LogP contribution in [0, 0.1) is 0 Å². The van der Waals surface area contributed by atoms with Crippen LogP contribution in [0.15, 0.2) is 12.4 Å². The Hall–Kier alpha value is -0.870. The summed E-state index contributed by atoms with van der Waals surface area (Å²) in [5.74, 6) is 0. The molecule has 0 aliphatic heterocycles. The summed E-state index contributed by atoms with van der Waals surface area (Å²) in [6.45, 7) is 4.93. The Kier molecular flexibility index (Phi) is 5.40. The van der Waals surface area contributed by atoms with Gasteiger partial charge in [-0.2, -0.15) is 5.10 Å². The van der Waals surface area contributed by atoms with Crippen molar-refractivity contribution in [2.24, 2.45) is 5.73 Å². The molecule has 108 valence electrons. The van der Waals surface area contributed by atoms with Crippen molar-refractivity contribution in [3.8, 4) is 0 Å². The zero-order valence-corrected chi connectivity index (χ0v) is 12.3. The maximum atomic E-state index is 5.95. The second kappa shape index (κ2) is 7.06. The number of hydrogen-bond acceptors (Lipinski definition) is 3. The highest BCUT2D eigenvalue weighted by Crippen LogP contribution is 2.21. The molecule has 1 aromatic heterocycles. The number of rotatable bonds is 5. The summed E-state index contributed by atoms with van der Waals surface area (Å²) in [6.07, 6.45) is 12.1. The Balaban J connectivity index is 1.97. The van der Waals surface area contributed by atoms with Gasteiger partial charge in [-0.15, -0.1) is 0 Å². The predicted molar refractivity (Wildman–Crippen MR) is 79.0 cm³/mol. The van der Waals surface area contributed by atoms with Gasteiger partial charge in [0.05, 0.1) is 6.20 Å². The molecular formula is C15H28N4. The number of nitrogens with zero attached hydrogens (tertiary/aromatic N) is 2. The molecule has 0 saturated heterocycles. The van der Waals surface area contributed by atoms with E-state index in [4.69, 9.17) is 5.73 Å². The summed E-state index contributed by atoms with van der Waals surface area (Å²) in [5.41, 5.74) is 7.17. The van der Waals surface area contributed by atoms with Gasteiger partial charge in [0.15, 0.2) is 0 Å².